The molecule has 0 spiro atoms. The van der Waals surface area contributed by atoms with Gasteiger partial charge < -0.3 is 36.5 Å². The number of carbonyl (C=O) groups is 4. The van der Waals surface area contributed by atoms with Crippen LogP contribution in [0.5, 0.6) is 5.75 Å². The number of amides is 3. The Hall–Kier alpha value is -4.38. The van der Waals surface area contributed by atoms with Crippen LogP contribution in [0.1, 0.15) is 24.0 Å². The summed E-state index contributed by atoms with van der Waals surface area (Å²) in [4.78, 5) is 53.5. The minimum Gasteiger partial charge on any atom is -0.508 e. The molecule has 200 valence electrons. The molecular formula is C27H31N5O6. The molecule has 1 fully saturated rings. The number of aromatic nitrogens is 1. The second-order valence-electron chi connectivity index (χ2n) is 9.32. The monoisotopic (exact) mass is 521 g/mol. The summed E-state index contributed by atoms with van der Waals surface area (Å²) in [6.45, 7) is 0.111. The molecular weight excluding hydrogens is 490 g/mol. The number of aliphatic carboxylic acids is 1. The van der Waals surface area contributed by atoms with Crippen LogP contribution >= 0.6 is 0 Å². The molecule has 2 heterocycles. The van der Waals surface area contributed by atoms with Crippen molar-refractivity contribution in [2.45, 2.75) is 43.8 Å². The van der Waals surface area contributed by atoms with Crippen LogP contribution in [0.25, 0.3) is 10.9 Å². The number of hydrogen-bond acceptors (Lipinski definition) is 6. The van der Waals surface area contributed by atoms with Gasteiger partial charge in [-0.15, -0.1) is 0 Å². The fourth-order valence-electron chi connectivity index (χ4n) is 4.55. The van der Waals surface area contributed by atoms with E-state index < -0.39 is 42.5 Å². The van der Waals surface area contributed by atoms with E-state index in [0.717, 1.165) is 29.4 Å². The van der Waals surface area contributed by atoms with Gasteiger partial charge in [-0.05, 0) is 48.7 Å². The number of aromatic hydroxyl groups is 1. The lowest BCUT2D eigenvalue weighted by atomic mass is 10.0. The highest BCUT2D eigenvalue weighted by Crippen LogP contribution is 2.20. The summed E-state index contributed by atoms with van der Waals surface area (Å²) in [5, 5.41) is 30.5. The molecule has 1 aromatic heterocycles. The third-order valence-corrected chi connectivity index (χ3v) is 6.53. The van der Waals surface area contributed by atoms with Crippen LogP contribution in [0, 0.1) is 0 Å². The fraction of sp³-hybridized carbons (Fsp3) is 0.333. The van der Waals surface area contributed by atoms with Crippen LogP contribution in [-0.2, 0) is 32.0 Å². The number of rotatable bonds is 11. The van der Waals surface area contributed by atoms with Crippen LogP contribution in [-0.4, -0.2) is 70.1 Å². The Labute approximate surface area is 219 Å². The Morgan fingerprint density at radius 3 is 2.39 bits per heavy atom. The molecule has 3 amide bonds. The Kier molecular flexibility index (Phi) is 8.59. The largest absolute Gasteiger partial charge is 0.508 e. The average Bonchev–Trinajstić information content (AvgIpc) is 3.58. The first-order valence-corrected chi connectivity index (χ1v) is 12.5. The number of hydrogen-bond donors (Lipinski definition) is 7. The molecule has 11 nitrogen and oxygen atoms in total. The first-order valence-electron chi connectivity index (χ1n) is 12.5. The van der Waals surface area contributed by atoms with Crippen LogP contribution in [0.2, 0.25) is 0 Å². The minimum absolute atomic E-state index is 0.0479. The van der Waals surface area contributed by atoms with Gasteiger partial charge in [0.15, 0.2) is 0 Å². The molecule has 0 radical (unpaired) electrons. The summed E-state index contributed by atoms with van der Waals surface area (Å²) < 4.78 is 0. The van der Waals surface area contributed by atoms with Crippen molar-refractivity contribution in [3.63, 3.8) is 0 Å². The van der Waals surface area contributed by atoms with Gasteiger partial charge in [-0.2, -0.15) is 0 Å². The van der Waals surface area contributed by atoms with E-state index in [4.69, 9.17) is 5.11 Å². The Bertz CT molecular complexity index is 1300. The number of H-pyrrole nitrogens is 1. The van der Waals surface area contributed by atoms with Crippen molar-refractivity contribution < 1.29 is 29.4 Å². The number of carboxylic acid groups (broad SMARTS) is 1. The molecule has 7 N–H and O–H groups in total. The van der Waals surface area contributed by atoms with Crippen LogP contribution in [0.3, 0.4) is 0 Å². The van der Waals surface area contributed by atoms with E-state index in [1.54, 1.807) is 18.3 Å². The number of para-hydroxylation sites is 1. The smallest absolute Gasteiger partial charge is 0.322 e. The van der Waals surface area contributed by atoms with E-state index in [-0.39, 0.29) is 24.5 Å². The molecule has 0 saturated carbocycles. The molecule has 0 bridgehead atoms. The maximum atomic E-state index is 13.6. The van der Waals surface area contributed by atoms with Gasteiger partial charge in [-0.25, -0.2) is 0 Å². The molecule has 2 aromatic carbocycles. The molecule has 38 heavy (non-hydrogen) atoms. The number of aromatic amines is 1. The lowest BCUT2D eigenvalue weighted by molar-refractivity contribution is -0.138. The number of benzene rings is 2. The fourth-order valence-corrected chi connectivity index (χ4v) is 4.55. The average molecular weight is 522 g/mol. The van der Waals surface area contributed by atoms with E-state index in [9.17, 15) is 24.3 Å². The number of nitrogens with one attached hydrogen (secondary N) is 5. The van der Waals surface area contributed by atoms with Crippen molar-refractivity contribution in [3.05, 3.63) is 65.9 Å². The molecule has 11 heteroatoms. The second-order valence-corrected chi connectivity index (χ2v) is 9.32. The molecule has 4 rings (SSSR count). The highest BCUT2D eigenvalue weighted by Gasteiger charge is 2.31. The summed E-state index contributed by atoms with van der Waals surface area (Å²) >= 11 is 0. The summed E-state index contributed by atoms with van der Waals surface area (Å²) in [6, 6.07) is 11.2. The lowest BCUT2D eigenvalue weighted by Crippen LogP contribution is -2.57. The number of carbonyl (C=O) groups excluding carboxylic acids is 3. The first kappa shape index (κ1) is 26.7. The second kappa shape index (κ2) is 12.2. The van der Waals surface area contributed by atoms with Gasteiger partial charge in [0.1, 0.15) is 24.4 Å². The van der Waals surface area contributed by atoms with Crippen molar-refractivity contribution in [2.24, 2.45) is 0 Å². The summed E-state index contributed by atoms with van der Waals surface area (Å²) in [7, 11) is 0. The van der Waals surface area contributed by atoms with E-state index in [1.165, 1.54) is 12.1 Å². The van der Waals surface area contributed by atoms with Gasteiger partial charge in [0, 0.05) is 29.9 Å². The third kappa shape index (κ3) is 6.88. The zero-order valence-electron chi connectivity index (χ0n) is 20.7. The standard InChI is InChI=1S/C27H31N5O6/c33-18-9-7-16(8-10-18)12-22(25(36)30-15-24(34)35)31-27(38)23(32-26(37)21-6-3-11-28-21)13-17-14-29-20-5-2-1-4-19(17)20/h1-2,4-5,7-10,14,21-23,28-29,33H,3,6,11-13,15H2,(H,30,36)(H,31,38)(H,32,37)(H,34,35). The van der Waals surface area contributed by atoms with Gasteiger partial charge in [-0.3, -0.25) is 19.2 Å². The number of fused-ring (bicyclic) bond motifs is 1. The molecule has 1 aliphatic heterocycles. The van der Waals surface area contributed by atoms with Crippen LogP contribution in [0.4, 0.5) is 0 Å². The number of phenolic OH excluding ortho intramolecular Hbond substituents is 1. The number of carboxylic acids is 1. The zero-order valence-corrected chi connectivity index (χ0v) is 20.7. The van der Waals surface area contributed by atoms with E-state index >= 15 is 0 Å². The normalized spacial score (nSPS) is 16.5. The minimum atomic E-state index is -1.22. The Balaban J connectivity index is 1.56. The van der Waals surface area contributed by atoms with Gasteiger partial charge in [0.2, 0.25) is 17.7 Å². The van der Waals surface area contributed by atoms with Crippen molar-refractivity contribution in [3.8, 4) is 5.75 Å². The molecule has 3 aromatic rings. The molecule has 1 aliphatic rings. The van der Waals surface area contributed by atoms with Gasteiger partial charge >= 0.3 is 5.97 Å². The van der Waals surface area contributed by atoms with E-state index in [0.29, 0.717) is 12.0 Å². The summed E-state index contributed by atoms with van der Waals surface area (Å²) in [6.07, 6.45) is 3.54. The Morgan fingerprint density at radius 1 is 0.947 bits per heavy atom. The van der Waals surface area contributed by atoms with Crippen molar-refractivity contribution in [2.75, 3.05) is 13.1 Å². The lowest BCUT2D eigenvalue weighted by Gasteiger charge is -2.24. The third-order valence-electron chi connectivity index (χ3n) is 6.53. The van der Waals surface area contributed by atoms with Crippen molar-refractivity contribution in [1.82, 2.24) is 26.3 Å². The van der Waals surface area contributed by atoms with E-state index in [1.807, 2.05) is 24.3 Å². The molecule has 3 unspecified atom stereocenters. The predicted octanol–water partition coefficient (Wildman–Crippen LogP) is 0.581. The predicted molar refractivity (Wildman–Crippen MR) is 139 cm³/mol. The van der Waals surface area contributed by atoms with Crippen molar-refractivity contribution in [1.29, 1.82) is 0 Å². The molecule has 0 aliphatic carbocycles. The van der Waals surface area contributed by atoms with Crippen LogP contribution < -0.4 is 21.3 Å². The van der Waals surface area contributed by atoms with Gasteiger partial charge in [-0.1, -0.05) is 30.3 Å². The van der Waals surface area contributed by atoms with E-state index in [2.05, 4.69) is 26.3 Å². The highest BCUT2D eigenvalue weighted by molar-refractivity contribution is 5.94. The first-order chi connectivity index (χ1) is 18.3. The molecule has 3 atom stereocenters. The summed E-state index contributed by atoms with van der Waals surface area (Å²) in [5.41, 5.74) is 2.36. The summed E-state index contributed by atoms with van der Waals surface area (Å²) in [5.74, 6) is -2.72. The number of phenols is 1. The van der Waals surface area contributed by atoms with Gasteiger partial charge in [0.05, 0.1) is 6.04 Å². The quantitative estimate of drug-likeness (QED) is 0.193. The van der Waals surface area contributed by atoms with Crippen LogP contribution in [0.15, 0.2) is 54.7 Å². The van der Waals surface area contributed by atoms with Crippen molar-refractivity contribution >= 4 is 34.6 Å². The topological polar surface area (TPSA) is 173 Å². The SMILES string of the molecule is O=C(O)CNC(=O)C(Cc1ccc(O)cc1)NC(=O)C(Cc1c[nH]c2ccccc12)NC(=O)C1CCCN1. The maximum Gasteiger partial charge on any atom is 0.322 e. The zero-order chi connectivity index (χ0) is 27.1. The highest BCUT2D eigenvalue weighted by atomic mass is 16.4. The maximum absolute atomic E-state index is 13.6. The van der Waals surface area contributed by atoms with Gasteiger partial charge in [0.25, 0.3) is 0 Å². The Morgan fingerprint density at radius 2 is 1.68 bits per heavy atom. The molecule has 1 saturated heterocycles.